The van der Waals surface area contributed by atoms with Gasteiger partial charge in [0.2, 0.25) is 0 Å². The van der Waals surface area contributed by atoms with Crippen LogP contribution >= 0.6 is 38.5 Å². The van der Waals surface area contributed by atoms with Crippen molar-refractivity contribution in [1.29, 1.82) is 0 Å². The number of aromatic nitrogens is 1. The molecule has 0 saturated heterocycles. The van der Waals surface area contributed by atoms with Gasteiger partial charge in [0, 0.05) is 5.33 Å². The Bertz CT molecular complexity index is 415. The number of hydrogen-bond donors (Lipinski definition) is 0. The van der Waals surface area contributed by atoms with E-state index in [1.54, 1.807) is 22.6 Å². The highest BCUT2D eigenvalue weighted by Crippen LogP contribution is 2.27. The van der Waals surface area contributed by atoms with E-state index < -0.39 is 18.1 Å². The molecule has 0 unspecified atom stereocenters. The summed E-state index contributed by atoms with van der Waals surface area (Å²) in [6.45, 7) is 0. The molecule has 0 aromatic carbocycles. The van der Waals surface area contributed by atoms with Gasteiger partial charge >= 0.3 is 5.97 Å². The SMILES string of the molecule is COC(=O)c1cc(CBr)nc(C(F)F)c1I. The number of carbonyl (C=O) groups excluding carboxylic acids is 1. The number of ether oxygens (including phenoxy) is 1. The normalized spacial score (nSPS) is 10.6. The van der Waals surface area contributed by atoms with Crippen LogP contribution in [0.3, 0.4) is 0 Å². The van der Waals surface area contributed by atoms with Crippen molar-refractivity contribution in [2.24, 2.45) is 0 Å². The molecule has 0 spiro atoms. The molecule has 0 aliphatic carbocycles. The van der Waals surface area contributed by atoms with Gasteiger partial charge in [-0.1, -0.05) is 15.9 Å². The fourth-order valence-corrected chi connectivity index (χ4v) is 2.09. The van der Waals surface area contributed by atoms with Crippen molar-refractivity contribution in [2.75, 3.05) is 7.11 Å². The van der Waals surface area contributed by atoms with Crippen LogP contribution in [0.1, 0.15) is 28.2 Å². The lowest BCUT2D eigenvalue weighted by atomic mass is 10.2. The average molecular weight is 406 g/mol. The maximum absolute atomic E-state index is 12.7. The first-order valence-corrected chi connectivity index (χ1v) is 6.33. The third-order valence-corrected chi connectivity index (χ3v) is 3.49. The monoisotopic (exact) mass is 405 g/mol. The van der Waals surface area contributed by atoms with Crippen LogP contribution in [0.15, 0.2) is 6.07 Å². The first kappa shape index (κ1) is 13.8. The summed E-state index contributed by atoms with van der Waals surface area (Å²) in [5, 5.41) is 0.299. The summed E-state index contributed by atoms with van der Waals surface area (Å²) in [4.78, 5) is 15.1. The Labute approximate surface area is 113 Å². The van der Waals surface area contributed by atoms with Crippen molar-refractivity contribution in [3.63, 3.8) is 0 Å². The number of hydrogen-bond acceptors (Lipinski definition) is 3. The number of halogens is 4. The van der Waals surface area contributed by atoms with E-state index in [4.69, 9.17) is 0 Å². The molecule has 1 aromatic heterocycles. The minimum Gasteiger partial charge on any atom is -0.465 e. The van der Waals surface area contributed by atoms with Gasteiger partial charge in [0.1, 0.15) is 5.69 Å². The number of nitrogens with zero attached hydrogens (tertiary/aromatic N) is 1. The topological polar surface area (TPSA) is 39.2 Å². The van der Waals surface area contributed by atoms with E-state index in [1.165, 1.54) is 13.2 Å². The molecular formula is C9H7BrF2INO2. The Morgan fingerprint density at radius 2 is 2.31 bits per heavy atom. The van der Waals surface area contributed by atoms with Crippen LogP contribution in [-0.4, -0.2) is 18.1 Å². The van der Waals surface area contributed by atoms with Gasteiger partial charge in [-0.25, -0.2) is 18.6 Å². The van der Waals surface area contributed by atoms with Gasteiger partial charge in [-0.15, -0.1) is 0 Å². The van der Waals surface area contributed by atoms with E-state index in [1.807, 2.05) is 0 Å². The molecule has 0 aliphatic rings. The molecule has 0 amide bonds. The first-order valence-electron chi connectivity index (χ1n) is 4.13. The molecule has 1 aromatic rings. The van der Waals surface area contributed by atoms with Crippen LogP contribution in [0.5, 0.6) is 0 Å². The predicted molar refractivity (Wildman–Crippen MR) is 65.9 cm³/mol. The van der Waals surface area contributed by atoms with Gasteiger partial charge in [-0.3, -0.25) is 0 Å². The minimum absolute atomic E-state index is 0.114. The summed E-state index contributed by atoms with van der Waals surface area (Å²) in [6, 6.07) is 1.44. The van der Waals surface area contributed by atoms with E-state index in [0.717, 1.165) is 0 Å². The molecule has 1 rings (SSSR count). The smallest absolute Gasteiger partial charge is 0.339 e. The van der Waals surface area contributed by atoms with Crippen molar-refractivity contribution >= 4 is 44.5 Å². The lowest BCUT2D eigenvalue weighted by Crippen LogP contribution is -2.09. The molecule has 0 fully saturated rings. The lowest BCUT2D eigenvalue weighted by molar-refractivity contribution is 0.0598. The predicted octanol–water partition coefficient (Wildman–Crippen LogP) is 3.31. The van der Waals surface area contributed by atoms with Gasteiger partial charge in [0.15, 0.2) is 0 Å². The Morgan fingerprint density at radius 1 is 1.69 bits per heavy atom. The number of rotatable bonds is 3. The fraction of sp³-hybridized carbons (Fsp3) is 0.333. The second-order valence-corrected chi connectivity index (χ2v) is 4.43. The molecule has 0 aliphatic heterocycles. The minimum atomic E-state index is -2.71. The summed E-state index contributed by atoms with van der Waals surface area (Å²) in [5.41, 5.74) is 0.0944. The van der Waals surface area contributed by atoms with Crippen LogP contribution in [-0.2, 0) is 10.1 Å². The Kier molecular flexibility index (Phi) is 5.03. The molecule has 88 valence electrons. The maximum atomic E-state index is 12.7. The second-order valence-electron chi connectivity index (χ2n) is 2.79. The molecule has 0 radical (unpaired) electrons. The summed E-state index contributed by atoms with van der Waals surface area (Å²) in [5.74, 6) is -0.643. The number of esters is 1. The highest BCUT2D eigenvalue weighted by Gasteiger charge is 2.21. The van der Waals surface area contributed by atoms with E-state index in [2.05, 4.69) is 25.7 Å². The van der Waals surface area contributed by atoms with Crippen molar-refractivity contribution in [3.05, 3.63) is 26.6 Å². The second kappa shape index (κ2) is 5.85. The summed E-state index contributed by atoms with van der Waals surface area (Å²) in [7, 11) is 1.20. The van der Waals surface area contributed by atoms with Crippen LogP contribution in [0.2, 0.25) is 0 Å². The third-order valence-electron chi connectivity index (χ3n) is 1.79. The third kappa shape index (κ3) is 2.88. The molecular weight excluding hydrogens is 399 g/mol. The van der Waals surface area contributed by atoms with Crippen molar-refractivity contribution in [1.82, 2.24) is 4.98 Å². The maximum Gasteiger partial charge on any atom is 0.339 e. The summed E-state index contributed by atoms with van der Waals surface area (Å²) < 4.78 is 30.0. The molecule has 0 N–H and O–H groups in total. The van der Waals surface area contributed by atoms with Gasteiger partial charge in [0.25, 0.3) is 6.43 Å². The van der Waals surface area contributed by atoms with E-state index >= 15 is 0 Å². The standard InChI is InChI=1S/C9H7BrF2INO2/c1-16-9(15)5-2-4(3-10)14-7(6(5)13)8(11)12/h2,8H,3H2,1H3. The zero-order valence-corrected chi connectivity index (χ0v) is 11.9. The summed E-state index contributed by atoms with van der Waals surface area (Å²) >= 11 is 4.78. The Hall–Kier alpha value is -0.310. The lowest BCUT2D eigenvalue weighted by Gasteiger charge is -2.09. The molecule has 16 heavy (non-hydrogen) atoms. The van der Waals surface area contributed by atoms with Gasteiger partial charge in [0.05, 0.1) is 21.9 Å². The van der Waals surface area contributed by atoms with E-state index in [0.29, 0.717) is 11.0 Å². The van der Waals surface area contributed by atoms with Crippen LogP contribution in [0.4, 0.5) is 8.78 Å². The highest BCUT2D eigenvalue weighted by atomic mass is 127. The number of alkyl halides is 3. The molecule has 0 bridgehead atoms. The van der Waals surface area contributed by atoms with Gasteiger partial charge in [-0.05, 0) is 28.7 Å². The number of methoxy groups -OCH3 is 1. The van der Waals surface area contributed by atoms with E-state index in [-0.39, 0.29) is 9.13 Å². The largest absolute Gasteiger partial charge is 0.465 e. The molecule has 0 saturated carbocycles. The van der Waals surface area contributed by atoms with Crippen molar-refractivity contribution in [2.45, 2.75) is 11.8 Å². The zero-order valence-electron chi connectivity index (χ0n) is 8.14. The molecule has 3 nitrogen and oxygen atoms in total. The van der Waals surface area contributed by atoms with Crippen LogP contribution in [0, 0.1) is 3.57 Å². The Balaban J connectivity index is 3.37. The van der Waals surface area contributed by atoms with Crippen molar-refractivity contribution in [3.8, 4) is 0 Å². The molecule has 0 atom stereocenters. The zero-order chi connectivity index (χ0) is 12.3. The summed E-state index contributed by atoms with van der Waals surface area (Å²) in [6.07, 6.45) is -2.71. The first-order chi connectivity index (χ1) is 7.51. The molecule has 1 heterocycles. The van der Waals surface area contributed by atoms with Crippen LogP contribution in [0.25, 0.3) is 0 Å². The average Bonchev–Trinajstić information content (AvgIpc) is 2.28. The molecule has 7 heteroatoms. The highest BCUT2D eigenvalue weighted by molar-refractivity contribution is 14.1. The quantitative estimate of drug-likeness (QED) is 0.440. The fourth-order valence-electron chi connectivity index (χ4n) is 1.08. The number of pyridine rings is 1. The van der Waals surface area contributed by atoms with Gasteiger partial charge < -0.3 is 4.74 Å². The van der Waals surface area contributed by atoms with Crippen LogP contribution < -0.4 is 0 Å². The van der Waals surface area contributed by atoms with E-state index in [9.17, 15) is 13.6 Å². The Morgan fingerprint density at radius 3 is 2.75 bits per heavy atom. The number of carbonyl (C=O) groups is 1. The van der Waals surface area contributed by atoms with Crippen molar-refractivity contribution < 1.29 is 18.3 Å². The van der Waals surface area contributed by atoms with Gasteiger partial charge in [-0.2, -0.15) is 0 Å².